The predicted molar refractivity (Wildman–Crippen MR) is 84.9 cm³/mol. The van der Waals surface area contributed by atoms with E-state index in [4.69, 9.17) is 38.9 Å². The highest BCUT2D eigenvalue weighted by Crippen LogP contribution is 2.30. The van der Waals surface area contributed by atoms with Crippen molar-refractivity contribution < 1.29 is 9.94 Å². The first kappa shape index (κ1) is 15.5. The molecule has 0 heterocycles. The molecule has 21 heavy (non-hydrogen) atoms. The van der Waals surface area contributed by atoms with Gasteiger partial charge in [0, 0.05) is 16.1 Å². The molecule has 0 aromatic heterocycles. The molecular formula is C15H14Cl2N2O2. The maximum Gasteiger partial charge on any atom is 0.173 e. The van der Waals surface area contributed by atoms with Crippen LogP contribution in [0.25, 0.3) is 0 Å². The van der Waals surface area contributed by atoms with Gasteiger partial charge in [-0.3, -0.25) is 0 Å². The summed E-state index contributed by atoms with van der Waals surface area (Å²) in [5, 5.41) is 13.0. The molecule has 6 heteroatoms. The molecule has 0 aliphatic rings. The third kappa shape index (κ3) is 3.60. The molecule has 0 atom stereocenters. The van der Waals surface area contributed by atoms with Gasteiger partial charge in [0.25, 0.3) is 0 Å². The molecule has 0 unspecified atom stereocenters. The Morgan fingerprint density at radius 3 is 2.67 bits per heavy atom. The van der Waals surface area contributed by atoms with Gasteiger partial charge in [-0.05, 0) is 42.3 Å². The largest absolute Gasteiger partial charge is 0.457 e. The number of hydrogen-bond acceptors (Lipinski definition) is 3. The van der Waals surface area contributed by atoms with E-state index < -0.39 is 0 Å². The molecule has 0 spiro atoms. The Morgan fingerprint density at radius 1 is 1.24 bits per heavy atom. The van der Waals surface area contributed by atoms with Crippen LogP contribution < -0.4 is 10.5 Å². The normalized spacial score (nSPS) is 11.5. The number of nitrogens with two attached hydrogens (primary N) is 1. The van der Waals surface area contributed by atoms with E-state index in [0.717, 1.165) is 12.0 Å². The van der Waals surface area contributed by atoms with Crippen molar-refractivity contribution in [3.8, 4) is 11.5 Å². The monoisotopic (exact) mass is 324 g/mol. The fourth-order valence-corrected chi connectivity index (χ4v) is 2.27. The summed E-state index contributed by atoms with van der Waals surface area (Å²) in [5.74, 6) is 0.957. The average Bonchev–Trinajstić information content (AvgIpc) is 2.48. The highest BCUT2D eigenvalue weighted by atomic mass is 35.5. The van der Waals surface area contributed by atoms with E-state index in [2.05, 4.69) is 5.16 Å². The molecule has 3 N–H and O–H groups in total. The summed E-state index contributed by atoms with van der Waals surface area (Å²) in [6, 6.07) is 10.2. The van der Waals surface area contributed by atoms with Crippen molar-refractivity contribution in [1.82, 2.24) is 0 Å². The Balaban J connectivity index is 2.41. The van der Waals surface area contributed by atoms with Gasteiger partial charge < -0.3 is 15.7 Å². The molecular weight excluding hydrogens is 311 g/mol. The summed E-state index contributed by atoms with van der Waals surface area (Å²) < 4.78 is 5.80. The number of aryl methyl sites for hydroxylation is 1. The van der Waals surface area contributed by atoms with Crippen LogP contribution in [0.4, 0.5) is 0 Å². The molecule has 2 rings (SSSR count). The minimum atomic E-state index is -0.0497. The van der Waals surface area contributed by atoms with Crippen LogP contribution >= 0.6 is 23.2 Å². The van der Waals surface area contributed by atoms with E-state index in [1.165, 1.54) is 0 Å². The summed E-state index contributed by atoms with van der Waals surface area (Å²) in [7, 11) is 0. The molecule has 0 aliphatic heterocycles. The quantitative estimate of drug-likeness (QED) is 0.378. The van der Waals surface area contributed by atoms with Crippen LogP contribution in [0.2, 0.25) is 10.0 Å². The van der Waals surface area contributed by atoms with Crippen molar-refractivity contribution in [3.63, 3.8) is 0 Å². The number of oxime groups is 1. The number of amidine groups is 1. The molecule has 0 amide bonds. The van der Waals surface area contributed by atoms with E-state index in [-0.39, 0.29) is 5.84 Å². The summed E-state index contributed by atoms with van der Waals surface area (Å²) in [5.41, 5.74) is 7.06. The third-order valence-corrected chi connectivity index (χ3v) is 3.56. The molecule has 0 saturated carbocycles. The lowest BCUT2D eigenvalue weighted by Gasteiger charge is -2.12. The zero-order chi connectivity index (χ0) is 15.4. The van der Waals surface area contributed by atoms with Crippen molar-refractivity contribution in [1.29, 1.82) is 0 Å². The second kappa shape index (κ2) is 6.70. The molecule has 0 saturated heterocycles. The predicted octanol–water partition coefficient (Wildman–Crippen LogP) is 4.44. The zero-order valence-corrected chi connectivity index (χ0v) is 12.8. The van der Waals surface area contributed by atoms with E-state index in [1.54, 1.807) is 30.3 Å². The number of halogens is 2. The first-order valence-corrected chi connectivity index (χ1v) is 7.04. The van der Waals surface area contributed by atoms with Gasteiger partial charge in [0.05, 0.1) is 5.56 Å². The van der Waals surface area contributed by atoms with Gasteiger partial charge in [-0.15, -0.1) is 0 Å². The first-order valence-electron chi connectivity index (χ1n) is 6.29. The molecule has 2 aromatic carbocycles. The van der Waals surface area contributed by atoms with Gasteiger partial charge in [0.1, 0.15) is 11.5 Å². The van der Waals surface area contributed by atoms with Gasteiger partial charge in [-0.2, -0.15) is 0 Å². The van der Waals surface area contributed by atoms with E-state index >= 15 is 0 Å². The SMILES string of the molecule is CCc1cc(Oc2cc(Cl)ccc2C(N)=NO)ccc1Cl. The Morgan fingerprint density at radius 2 is 2.00 bits per heavy atom. The van der Waals surface area contributed by atoms with Gasteiger partial charge in [0.2, 0.25) is 0 Å². The lowest BCUT2D eigenvalue weighted by molar-refractivity contribution is 0.318. The highest BCUT2D eigenvalue weighted by molar-refractivity contribution is 6.31. The van der Waals surface area contributed by atoms with E-state index in [1.807, 2.05) is 13.0 Å². The molecule has 0 radical (unpaired) electrons. The van der Waals surface area contributed by atoms with Crippen molar-refractivity contribution in [2.24, 2.45) is 10.9 Å². The van der Waals surface area contributed by atoms with Crippen LogP contribution in [0.15, 0.2) is 41.6 Å². The number of hydrogen-bond donors (Lipinski definition) is 2. The summed E-state index contributed by atoms with van der Waals surface area (Å²) >= 11 is 12.1. The second-order valence-electron chi connectivity index (χ2n) is 4.33. The lowest BCUT2D eigenvalue weighted by atomic mass is 10.1. The average molecular weight is 325 g/mol. The molecule has 0 fully saturated rings. The Labute approximate surface area is 132 Å². The molecule has 0 bridgehead atoms. The maximum atomic E-state index is 8.82. The smallest absolute Gasteiger partial charge is 0.173 e. The third-order valence-electron chi connectivity index (χ3n) is 2.95. The van der Waals surface area contributed by atoms with Gasteiger partial charge in [-0.25, -0.2) is 0 Å². The number of benzene rings is 2. The zero-order valence-electron chi connectivity index (χ0n) is 11.3. The van der Waals surface area contributed by atoms with Crippen LogP contribution in [-0.4, -0.2) is 11.0 Å². The Bertz CT molecular complexity index is 687. The van der Waals surface area contributed by atoms with Crippen LogP contribution in [0.5, 0.6) is 11.5 Å². The lowest BCUT2D eigenvalue weighted by Crippen LogP contribution is -2.14. The van der Waals surface area contributed by atoms with E-state index in [9.17, 15) is 0 Å². The molecule has 110 valence electrons. The summed E-state index contributed by atoms with van der Waals surface area (Å²) in [6.07, 6.45) is 0.790. The highest BCUT2D eigenvalue weighted by Gasteiger charge is 2.11. The number of rotatable bonds is 4. The fraction of sp³-hybridized carbons (Fsp3) is 0.133. The Kier molecular flexibility index (Phi) is 4.94. The number of nitrogens with zero attached hydrogens (tertiary/aromatic N) is 1. The van der Waals surface area contributed by atoms with Crippen molar-refractivity contribution in [3.05, 3.63) is 57.6 Å². The van der Waals surface area contributed by atoms with Crippen molar-refractivity contribution in [2.45, 2.75) is 13.3 Å². The summed E-state index contributed by atoms with van der Waals surface area (Å²) in [4.78, 5) is 0. The standard InChI is InChI=1S/C15H14Cl2N2O2/c1-2-9-7-11(4-6-13(9)17)21-14-8-10(16)3-5-12(14)15(18)19-20/h3-8,20H,2H2,1H3,(H2,18,19). The van der Waals surface area contributed by atoms with Crippen LogP contribution in [0.1, 0.15) is 18.1 Å². The minimum absolute atomic E-state index is 0.0497. The topological polar surface area (TPSA) is 67.8 Å². The maximum absolute atomic E-state index is 8.82. The van der Waals surface area contributed by atoms with E-state index in [0.29, 0.717) is 27.1 Å². The van der Waals surface area contributed by atoms with Crippen LogP contribution in [-0.2, 0) is 6.42 Å². The second-order valence-corrected chi connectivity index (χ2v) is 5.18. The van der Waals surface area contributed by atoms with Gasteiger partial charge in [-0.1, -0.05) is 35.3 Å². The minimum Gasteiger partial charge on any atom is -0.457 e. The van der Waals surface area contributed by atoms with Gasteiger partial charge in [0.15, 0.2) is 5.84 Å². The van der Waals surface area contributed by atoms with Crippen LogP contribution in [0.3, 0.4) is 0 Å². The van der Waals surface area contributed by atoms with Crippen molar-refractivity contribution >= 4 is 29.0 Å². The molecule has 2 aromatic rings. The van der Waals surface area contributed by atoms with Crippen molar-refractivity contribution in [2.75, 3.05) is 0 Å². The van der Waals surface area contributed by atoms with Gasteiger partial charge >= 0.3 is 0 Å². The fourth-order valence-electron chi connectivity index (χ4n) is 1.86. The van der Waals surface area contributed by atoms with Crippen LogP contribution in [0, 0.1) is 0 Å². The Hall–Kier alpha value is -1.91. The first-order chi connectivity index (χ1) is 10.0. The summed E-state index contributed by atoms with van der Waals surface area (Å²) in [6.45, 7) is 2.01. The molecule has 4 nitrogen and oxygen atoms in total. The molecule has 0 aliphatic carbocycles. The number of ether oxygens (including phenoxy) is 1.